The maximum atomic E-state index is 12.0. The van der Waals surface area contributed by atoms with E-state index in [1.165, 1.54) is 4.88 Å². The molecule has 1 aromatic heterocycles. The Morgan fingerprint density at radius 3 is 3.21 bits per heavy atom. The number of carbonyl (C=O) groups excluding carboxylic acids is 1. The molecule has 1 unspecified atom stereocenters. The molecule has 2 amide bonds. The third-order valence-corrected chi connectivity index (χ3v) is 4.48. The first-order chi connectivity index (χ1) is 9.20. The molecule has 2 heterocycles. The van der Waals surface area contributed by atoms with Gasteiger partial charge in [0.15, 0.2) is 0 Å². The fourth-order valence-electron chi connectivity index (χ4n) is 2.50. The molecular formula is C14H22N2O2S. The van der Waals surface area contributed by atoms with Crippen molar-refractivity contribution in [2.75, 3.05) is 19.7 Å². The quantitative estimate of drug-likeness (QED) is 0.869. The molecule has 106 valence electrons. The van der Waals surface area contributed by atoms with Gasteiger partial charge in [0.05, 0.1) is 12.6 Å². The van der Waals surface area contributed by atoms with Crippen LogP contribution in [0.1, 0.15) is 24.6 Å². The van der Waals surface area contributed by atoms with Gasteiger partial charge in [-0.3, -0.25) is 0 Å². The van der Waals surface area contributed by atoms with Gasteiger partial charge in [0, 0.05) is 18.0 Å². The molecule has 0 radical (unpaired) electrons. The van der Waals surface area contributed by atoms with Crippen LogP contribution in [0.2, 0.25) is 0 Å². The third-order valence-electron chi connectivity index (χ3n) is 3.58. The second-order valence-corrected chi connectivity index (χ2v) is 6.28. The SMILES string of the molecule is CC(CNC(=O)N1CCC[C@@H]1CO)Cc1cccs1. The predicted octanol–water partition coefficient (Wildman–Crippen LogP) is 2.09. The molecule has 19 heavy (non-hydrogen) atoms. The van der Waals surface area contributed by atoms with Gasteiger partial charge in [-0.15, -0.1) is 11.3 Å². The first kappa shape index (κ1) is 14.3. The van der Waals surface area contributed by atoms with Crippen molar-refractivity contribution in [3.63, 3.8) is 0 Å². The first-order valence-corrected chi connectivity index (χ1v) is 7.76. The highest BCUT2D eigenvalue weighted by atomic mass is 32.1. The Hall–Kier alpha value is -1.07. The average molecular weight is 282 g/mol. The van der Waals surface area contributed by atoms with E-state index in [-0.39, 0.29) is 18.7 Å². The van der Waals surface area contributed by atoms with Crippen molar-refractivity contribution in [1.82, 2.24) is 10.2 Å². The van der Waals surface area contributed by atoms with E-state index >= 15 is 0 Å². The Morgan fingerprint density at radius 2 is 2.53 bits per heavy atom. The van der Waals surface area contributed by atoms with E-state index in [4.69, 9.17) is 0 Å². The van der Waals surface area contributed by atoms with Gasteiger partial charge in [0.2, 0.25) is 0 Å². The van der Waals surface area contributed by atoms with Crippen LogP contribution in [0.4, 0.5) is 4.79 Å². The molecule has 5 heteroatoms. The zero-order valence-corrected chi connectivity index (χ0v) is 12.2. The van der Waals surface area contributed by atoms with Crippen LogP contribution in [0.25, 0.3) is 0 Å². The monoisotopic (exact) mass is 282 g/mol. The molecule has 4 nitrogen and oxygen atoms in total. The van der Waals surface area contributed by atoms with Gasteiger partial charge in [-0.2, -0.15) is 0 Å². The van der Waals surface area contributed by atoms with Crippen molar-refractivity contribution in [2.24, 2.45) is 5.92 Å². The van der Waals surface area contributed by atoms with E-state index in [0.717, 1.165) is 25.8 Å². The predicted molar refractivity (Wildman–Crippen MR) is 77.4 cm³/mol. The lowest BCUT2D eigenvalue weighted by molar-refractivity contribution is 0.156. The fourth-order valence-corrected chi connectivity index (χ4v) is 3.37. The summed E-state index contributed by atoms with van der Waals surface area (Å²) in [4.78, 5) is 15.1. The van der Waals surface area contributed by atoms with Crippen LogP contribution in [-0.4, -0.2) is 41.8 Å². The number of thiophene rings is 1. The van der Waals surface area contributed by atoms with Crippen molar-refractivity contribution in [1.29, 1.82) is 0 Å². The molecule has 0 spiro atoms. The van der Waals surface area contributed by atoms with Gasteiger partial charge in [-0.25, -0.2) is 4.79 Å². The van der Waals surface area contributed by atoms with Gasteiger partial charge in [-0.1, -0.05) is 13.0 Å². The summed E-state index contributed by atoms with van der Waals surface area (Å²) < 4.78 is 0. The van der Waals surface area contributed by atoms with E-state index < -0.39 is 0 Å². The summed E-state index contributed by atoms with van der Waals surface area (Å²) in [6.07, 6.45) is 2.90. The Morgan fingerprint density at radius 1 is 1.68 bits per heavy atom. The lowest BCUT2D eigenvalue weighted by atomic mass is 10.1. The topological polar surface area (TPSA) is 52.6 Å². The minimum atomic E-state index is -0.0328. The van der Waals surface area contributed by atoms with Crippen molar-refractivity contribution in [2.45, 2.75) is 32.2 Å². The second-order valence-electron chi connectivity index (χ2n) is 5.25. The molecule has 1 aromatic rings. The fraction of sp³-hybridized carbons (Fsp3) is 0.643. The number of carbonyl (C=O) groups is 1. The van der Waals surface area contributed by atoms with E-state index in [1.54, 1.807) is 16.2 Å². The van der Waals surface area contributed by atoms with Gasteiger partial charge < -0.3 is 15.3 Å². The molecule has 2 rings (SSSR count). The molecule has 0 bridgehead atoms. The van der Waals surface area contributed by atoms with Crippen LogP contribution in [0.3, 0.4) is 0 Å². The summed E-state index contributed by atoms with van der Waals surface area (Å²) in [5.41, 5.74) is 0. The Labute approximate surface area is 118 Å². The summed E-state index contributed by atoms with van der Waals surface area (Å²) in [5.74, 6) is 0.428. The number of rotatable bonds is 5. The Bertz CT molecular complexity index is 394. The van der Waals surface area contributed by atoms with Crippen LogP contribution < -0.4 is 5.32 Å². The smallest absolute Gasteiger partial charge is 0.317 e. The largest absolute Gasteiger partial charge is 0.394 e. The summed E-state index contributed by atoms with van der Waals surface area (Å²) in [6, 6.07) is 4.16. The number of nitrogens with zero attached hydrogens (tertiary/aromatic N) is 1. The highest BCUT2D eigenvalue weighted by molar-refractivity contribution is 7.09. The zero-order chi connectivity index (χ0) is 13.7. The van der Waals surface area contributed by atoms with Crippen LogP contribution in [-0.2, 0) is 6.42 Å². The molecule has 1 aliphatic heterocycles. The maximum absolute atomic E-state index is 12.0. The highest BCUT2D eigenvalue weighted by Crippen LogP contribution is 2.17. The number of likely N-dealkylation sites (tertiary alicyclic amines) is 1. The van der Waals surface area contributed by atoms with E-state index in [2.05, 4.69) is 29.8 Å². The third kappa shape index (κ3) is 3.94. The van der Waals surface area contributed by atoms with Crippen molar-refractivity contribution >= 4 is 17.4 Å². The van der Waals surface area contributed by atoms with E-state index in [9.17, 15) is 9.90 Å². The van der Waals surface area contributed by atoms with Crippen molar-refractivity contribution in [3.05, 3.63) is 22.4 Å². The standard InChI is InChI=1S/C14H22N2O2S/c1-11(8-13-5-3-7-19-13)9-15-14(18)16-6-2-4-12(16)10-17/h3,5,7,11-12,17H,2,4,6,8-10H2,1H3,(H,15,18)/t11?,12-/m1/s1. The van der Waals surface area contributed by atoms with Gasteiger partial charge in [0.25, 0.3) is 0 Å². The van der Waals surface area contributed by atoms with Gasteiger partial charge >= 0.3 is 6.03 Å². The van der Waals surface area contributed by atoms with Crippen molar-refractivity contribution in [3.8, 4) is 0 Å². The molecular weight excluding hydrogens is 260 g/mol. The number of aliphatic hydroxyl groups is 1. The number of amides is 2. The van der Waals surface area contributed by atoms with Gasteiger partial charge in [0.1, 0.15) is 0 Å². The summed E-state index contributed by atoms with van der Waals surface area (Å²) in [7, 11) is 0. The summed E-state index contributed by atoms with van der Waals surface area (Å²) in [6.45, 7) is 3.66. The van der Waals surface area contributed by atoms with Crippen LogP contribution in [0, 0.1) is 5.92 Å². The number of urea groups is 1. The molecule has 2 atom stereocenters. The minimum Gasteiger partial charge on any atom is -0.394 e. The molecule has 2 N–H and O–H groups in total. The molecule has 1 aliphatic rings. The lowest BCUT2D eigenvalue weighted by Gasteiger charge is -2.24. The number of hydrogen-bond donors (Lipinski definition) is 2. The Balaban J connectivity index is 1.73. The number of aliphatic hydroxyl groups excluding tert-OH is 1. The molecule has 0 aromatic carbocycles. The van der Waals surface area contributed by atoms with E-state index in [1.807, 2.05) is 0 Å². The van der Waals surface area contributed by atoms with E-state index in [0.29, 0.717) is 12.5 Å². The molecule has 1 fully saturated rings. The number of nitrogens with one attached hydrogen (secondary N) is 1. The molecule has 0 saturated carbocycles. The number of hydrogen-bond acceptors (Lipinski definition) is 3. The lowest BCUT2D eigenvalue weighted by Crippen LogP contribution is -2.45. The second kappa shape index (κ2) is 6.91. The Kier molecular flexibility index (Phi) is 5.22. The highest BCUT2D eigenvalue weighted by Gasteiger charge is 2.27. The molecule has 0 aliphatic carbocycles. The van der Waals surface area contributed by atoms with Crippen LogP contribution in [0.15, 0.2) is 17.5 Å². The van der Waals surface area contributed by atoms with Gasteiger partial charge in [-0.05, 0) is 36.6 Å². The zero-order valence-electron chi connectivity index (χ0n) is 11.3. The summed E-state index contributed by atoms with van der Waals surface area (Å²) in [5, 5.41) is 14.3. The first-order valence-electron chi connectivity index (χ1n) is 6.88. The van der Waals surface area contributed by atoms with Crippen LogP contribution >= 0.6 is 11.3 Å². The van der Waals surface area contributed by atoms with Crippen LogP contribution in [0.5, 0.6) is 0 Å². The normalized spacial score (nSPS) is 20.5. The molecule has 1 saturated heterocycles. The average Bonchev–Trinajstić information content (AvgIpc) is 3.06. The maximum Gasteiger partial charge on any atom is 0.317 e. The summed E-state index contributed by atoms with van der Waals surface area (Å²) >= 11 is 1.76. The minimum absolute atomic E-state index is 0.00704. The van der Waals surface area contributed by atoms with Crippen molar-refractivity contribution < 1.29 is 9.90 Å².